The number of nitrogens with one attached hydrogen (secondary N) is 1. The molecule has 86 valence electrons. The smallest absolute Gasteiger partial charge is 0.113 e. The fourth-order valence-corrected chi connectivity index (χ4v) is 2.08. The van der Waals surface area contributed by atoms with Gasteiger partial charge in [0.25, 0.3) is 0 Å². The van der Waals surface area contributed by atoms with E-state index in [0.717, 1.165) is 31.0 Å². The molecule has 0 radical (unpaired) electrons. The maximum atomic E-state index is 4.71. The van der Waals surface area contributed by atoms with Crippen molar-refractivity contribution >= 4 is 5.52 Å². The zero-order valence-electron chi connectivity index (χ0n) is 10.2. The van der Waals surface area contributed by atoms with Crippen molar-refractivity contribution in [2.24, 2.45) is 0 Å². The second kappa shape index (κ2) is 4.66. The number of hydrogen-bond acceptors (Lipinski definition) is 2. The summed E-state index contributed by atoms with van der Waals surface area (Å²) in [5.41, 5.74) is 3.72. The van der Waals surface area contributed by atoms with Gasteiger partial charge in [-0.15, -0.1) is 0 Å². The molecule has 0 atom stereocenters. The van der Waals surface area contributed by atoms with Crippen molar-refractivity contribution in [3.05, 3.63) is 35.4 Å². The average molecular weight is 217 g/mol. The average Bonchev–Trinajstić information content (AvgIpc) is 2.66. The third-order valence-corrected chi connectivity index (χ3v) is 2.87. The standard InChI is InChI=1S/C13H19N3/c1-4-12-15-11(9-14-5-2)13-10(3)7-6-8-16(12)13/h6-8,14H,4-5,9H2,1-3H3. The summed E-state index contributed by atoms with van der Waals surface area (Å²) in [7, 11) is 0. The lowest BCUT2D eigenvalue weighted by Crippen LogP contribution is -2.12. The first-order valence-electron chi connectivity index (χ1n) is 5.94. The van der Waals surface area contributed by atoms with Gasteiger partial charge in [0, 0.05) is 19.2 Å². The Morgan fingerprint density at radius 1 is 1.38 bits per heavy atom. The lowest BCUT2D eigenvalue weighted by Gasteiger charge is -2.02. The molecule has 0 aromatic carbocycles. The molecule has 3 heteroatoms. The molecular formula is C13H19N3. The zero-order chi connectivity index (χ0) is 11.5. The van der Waals surface area contributed by atoms with E-state index in [-0.39, 0.29) is 0 Å². The number of hydrogen-bond donors (Lipinski definition) is 1. The molecule has 2 aromatic rings. The van der Waals surface area contributed by atoms with Crippen LogP contribution in [0, 0.1) is 6.92 Å². The van der Waals surface area contributed by atoms with E-state index in [9.17, 15) is 0 Å². The van der Waals surface area contributed by atoms with Gasteiger partial charge in [0.05, 0.1) is 11.2 Å². The molecule has 0 aliphatic rings. The lowest BCUT2D eigenvalue weighted by molar-refractivity contribution is 0.715. The lowest BCUT2D eigenvalue weighted by atomic mass is 10.2. The monoisotopic (exact) mass is 217 g/mol. The maximum absolute atomic E-state index is 4.71. The molecule has 0 aliphatic carbocycles. The van der Waals surface area contributed by atoms with Gasteiger partial charge in [-0.05, 0) is 25.1 Å². The molecule has 0 saturated carbocycles. The number of fused-ring (bicyclic) bond motifs is 1. The van der Waals surface area contributed by atoms with Gasteiger partial charge in [-0.3, -0.25) is 0 Å². The molecule has 1 N–H and O–H groups in total. The van der Waals surface area contributed by atoms with Crippen LogP contribution in [0.1, 0.15) is 30.9 Å². The molecule has 0 saturated heterocycles. The minimum atomic E-state index is 0.852. The van der Waals surface area contributed by atoms with Gasteiger partial charge in [-0.2, -0.15) is 0 Å². The second-order valence-electron chi connectivity index (χ2n) is 4.02. The van der Waals surface area contributed by atoms with E-state index in [1.54, 1.807) is 0 Å². The Morgan fingerprint density at radius 3 is 2.88 bits per heavy atom. The summed E-state index contributed by atoms with van der Waals surface area (Å²) in [6.45, 7) is 8.24. The van der Waals surface area contributed by atoms with Crippen LogP contribution in [0.4, 0.5) is 0 Å². The SMILES string of the molecule is CCNCc1nc(CC)n2cccc(C)c12. The first kappa shape index (κ1) is 11.1. The number of pyridine rings is 1. The fraction of sp³-hybridized carbons (Fsp3) is 0.462. The van der Waals surface area contributed by atoms with Crippen LogP contribution in [0.3, 0.4) is 0 Å². The molecule has 2 aromatic heterocycles. The quantitative estimate of drug-likeness (QED) is 0.851. The molecule has 3 nitrogen and oxygen atoms in total. The molecule has 16 heavy (non-hydrogen) atoms. The van der Waals surface area contributed by atoms with Gasteiger partial charge in [-0.25, -0.2) is 4.98 Å². The zero-order valence-corrected chi connectivity index (χ0v) is 10.2. The van der Waals surface area contributed by atoms with Gasteiger partial charge in [-0.1, -0.05) is 19.9 Å². The van der Waals surface area contributed by atoms with Crippen LogP contribution in [0.5, 0.6) is 0 Å². The highest BCUT2D eigenvalue weighted by Crippen LogP contribution is 2.17. The Balaban J connectivity index is 2.55. The highest BCUT2D eigenvalue weighted by molar-refractivity contribution is 5.59. The molecule has 0 amide bonds. The van der Waals surface area contributed by atoms with E-state index in [4.69, 9.17) is 4.98 Å². The van der Waals surface area contributed by atoms with E-state index >= 15 is 0 Å². The van der Waals surface area contributed by atoms with Crippen molar-refractivity contribution in [2.45, 2.75) is 33.7 Å². The molecule has 0 fully saturated rings. The molecule has 2 rings (SSSR count). The number of aryl methyl sites for hydroxylation is 2. The van der Waals surface area contributed by atoms with E-state index in [1.807, 2.05) is 0 Å². The van der Waals surface area contributed by atoms with Gasteiger partial charge in [0.2, 0.25) is 0 Å². The van der Waals surface area contributed by atoms with Crippen molar-refractivity contribution < 1.29 is 0 Å². The van der Waals surface area contributed by atoms with Crippen molar-refractivity contribution in [1.82, 2.24) is 14.7 Å². The van der Waals surface area contributed by atoms with Crippen LogP contribution in [0.15, 0.2) is 18.3 Å². The highest BCUT2D eigenvalue weighted by Gasteiger charge is 2.10. The van der Waals surface area contributed by atoms with Crippen molar-refractivity contribution in [2.75, 3.05) is 6.54 Å². The van der Waals surface area contributed by atoms with Crippen molar-refractivity contribution in [1.29, 1.82) is 0 Å². The fourth-order valence-electron chi connectivity index (χ4n) is 2.08. The summed E-state index contributed by atoms with van der Waals surface area (Å²) in [5.74, 6) is 1.15. The number of rotatable bonds is 4. The Morgan fingerprint density at radius 2 is 2.19 bits per heavy atom. The molecule has 0 aliphatic heterocycles. The Labute approximate surface area is 96.5 Å². The Hall–Kier alpha value is -1.35. The first-order chi connectivity index (χ1) is 7.77. The minimum absolute atomic E-state index is 0.852. The molecule has 2 heterocycles. The van der Waals surface area contributed by atoms with Crippen LogP contribution < -0.4 is 5.32 Å². The summed E-state index contributed by atoms with van der Waals surface area (Å²) in [6.07, 6.45) is 3.07. The van der Waals surface area contributed by atoms with Gasteiger partial charge >= 0.3 is 0 Å². The first-order valence-corrected chi connectivity index (χ1v) is 5.94. The van der Waals surface area contributed by atoms with Crippen LogP contribution in [-0.4, -0.2) is 15.9 Å². The number of nitrogens with zero attached hydrogens (tertiary/aromatic N) is 2. The molecule has 0 unspecified atom stereocenters. The summed E-state index contributed by atoms with van der Waals surface area (Å²) in [5, 5.41) is 3.35. The predicted molar refractivity (Wildman–Crippen MR) is 66.7 cm³/mol. The second-order valence-corrected chi connectivity index (χ2v) is 4.02. The van der Waals surface area contributed by atoms with Crippen molar-refractivity contribution in [3.8, 4) is 0 Å². The van der Waals surface area contributed by atoms with Crippen LogP contribution >= 0.6 is 0 Å². The highest BCUT2D eigenvalue weighted by atomic mass is 15.0. The van der Waals surface area contributed by atoms with Gasteiger partial charge < -0.3 is 9.72 Å². The summed E-state index contributed by atoms with van der Waals surface area (Å²) in [4.78, 5) is 4.71. The Bertz CT molecular complexity index is 485. The summed E-state index contributed by atoms with van der Waals surface area (Å²) < 4.78 is 2.21. The van der Waals surface area contributed by atoms with Crippen molar-refractivity contribution in [3.63, 3.8) is 0 Å². The van der Waals surface area contributed by atoms with Crippen LogP contribution in [0.25, 0.3) is 5.52 Å². The molecule has 0 bridgehead atoms. The third-order valence-electron chi connectivity index (χ3n) is 2.87. The number of imidazole rings is 1. The van der Waals surface area contributed by atoms with Gasteiger partial charge in [0.15, 0.2) is 0 Å². The minimum Gasteiger partial charge on any atom is -0.311 e. The Kier molecular flexibility index (Phi) is 3.25. The van der Waals surface area contributed by atoms with E-state index < -0.39 is 0 Å². The summed E-state index contributed by atoms with van der Waals surface area (Å²) >= 11 is 0. The van der Waals surface area contributed by atoms with Crippen LogP contribution in [-0.2, 0) is 13.0 Å². The summed E-state index contributed by atoms with van der Waals surface area (Å²) in [6, 6.07) is 4.23. The normalized spacial score (nSPS) is 11.2. The largest absolute Gasteiger partial charge is 0.311 e. The number of aromatic nitrogens is 2. The van der Waals surface area contributed by atoms with E-state index in [1.165, 1.54) is 11.1 Å². The topological polar surface area (TPSA) is 29.3 Å². The maximum Gasteiger partial charge on any atom is 0.113 e. The van der Waals surface area contributed by atoms with E-state index in [2.05, 4.69) is 48.8 Å². The molecular weight excluding hydrogens is 198 g/mol. The van der Waals surface area contributed by atoms with E-state index in [0.29, 0.717) is 0 Å². The van der Waals surface area contributed by atoms with Gasteiger partial charge in [0.1, 0.15) is 5.82 Å². The molecule has 0 spiro atoms. The third kappa shape index (κ3) is 1.83. The predicted octanol–water partition coefficient (Wildman–Crippen LogP) is 2.31. The van der Waals surface area contributed by atoms with Crippen LogP contribution in [0.2, 0.25) is 0 Å².